The Morgan fingerprint density at radius 3 is 2.67 bits per heavy atom. The molecule has 5 rings (SSSR count). The first kappa shape index (κ1) is 23.8. The highest BCUT2D eigenvalue weighted by Gasteiger charge is 2.61. The number of aromatic nitrogens is 1. The fraction of sp³-hybridized carbons (Fsp3) is 0.321. The van der Waals surface area contributed by atoms with Gasteiger partial charge in [-0.15, -0.1) is 6.58 Å². The molecule has 1 aromatic heterocycles. The van der Waals surface area contributed by atoms with Crippen molar-refractivity contribution in [2.75, 3.05) is 20.8 Å². The summed E-state index contributed by atoms with van der Waals surface area (Å²) in [5.41, 5.74) is 1.51. The number of esters is 1. The normalized spacial score (nSPS) is 24.7. The lowest BCUT2D eigenvalue weighted by Crippen LogP contribution is -2.51. The maximum atomic E-state index is 13.0. The van der Waals surface area contributed by atoms with E-state index in [9.17, 15) is 9.59 Å². The van der Waals surface area contributed by atoms with Crippen LogP contribution in [0.5, 0.6) is 11.5 Å². The first-order valence-corrected chi connectivity index (χ1v) is 11.9. The number of amides is 1. The number of hydrogen-bond acceptors (Lipinski definition) is 7. The molecule has 4 atom stereocenters. The Balaban J connectivity index is 1.35. The summed E-state index contributed by atoms with van der Waals surface area (Å²) >= 11 is 0. The molecule has 1 saturated carbocycles. The van der Waals surface area contributed by atoms with Crippen molar-refractivity contribution in [3.05, 3.63) is 67.3 Å². The molecule has 1 saturated heterocycles. The van der Waals surface area contributed by atoms with E-state index in [0.29, 0.717) is 30.9 Å². The van der Waals surface area contributed by atoms with Crippen LogP contribution < -0.4 is 20.1 Å². The number of fused-ring (bicyclic) bond motifs is 1. The minimum atomic E-state index is -1.01. The van der Waals surface area contributed by atoms with Gasteiger partial charge in [-0.25, -0.2) is 9.78 Å². The topological polar surface area (TPSA) is 98.8 Å². The highest BCUT2D eigenvalue weighted by atomic mass is 16.5. The van der Waals surface area contributed by atoms with E-state index in [1.807, 2.05) is 54.6 Å². The monoisotopic (exact) mass is 487 g/mol. The number of ether oxygens (including phenoxy) is 3. The van der Waals surface area contributed by atoms with Crippen LogP contribution in [0, 0.1) is 5.92 Å². The minimum absolute atomic E-state index is 0.126. The molecule has 186 valence electrons. The molecule has 8 heteroatoms. The molecule has 2 unspecified atom stereocenters. The van der Waals surface area contributed by atoms with Crippen molar-refractivity contribution >= 4 is 22.8 Å². The molecular formula is C28H29N3O5. The van der Waals surface area contributed by atoms with Crippen LogP contribution in [0.3, 0.4) is 0 Å². The van der Waals surface area contributed by atoms with Crippen LogP contribution >= 0.6 is 0 Å². The van der Waals surface area contributed by atoms with Gasteiger partial charge in [0.25, 0.3) is 0 Å². The third-order valence-electron chi connectivity index (χ3n) is 6.94. The van der Waals surface area contributed by atoms with Gasteiger partial charge < -0.3 is 24.8 Å². The number of nitrogens with zero attached hydrogens (tertiary/aromatic N) is 1. The van der Waals surface area contributed by atoms with Gasteiger partial charge >= 0.3 is 5.97 Å². The molecule has 2 N–H and O–H groups in total. The summed E-state index contributed by atoms with van der Waals surface area (Å²) in [5, 5.41) is 6.98. The van der Waals surface area contributed by atoms with Crippen LogP contribution in [0.15, 0.2) is 67.3 Å². The molecule has 1 aliphatic carbocycles. The molecule has 0 bridgehead atoms. The van der Waals surface area contributed by atoms with Crippen molar-refractivity contribution in [2.45, 2.75) is 30.5 Å². The number of methoxy groups -OCH3 is 2. The summed E-state index contributed by atoms with van der Waals surface area (Å²) in [5.74, 6) is 0.583. The molecule has 2 fully saturated rings. The Bertz CT molecular complexity index is 1310. The van der Waals surface area contributed by atoms with Crippen LogP contribution in [0.4, 0.5) is 0 Å². The Hall–Kier alpha value is -3.91. The second kappa shape index (κ2) is 9.62. The summed E-state index contributed by atoms with van der Waals surface area (Å²) < 4.78 is 16.7. The largest absolute Gasteiger partial charge is 0.497 e. The molecule has 8 nitrogen and oxygen atoms in total. The molecule has 3 aromatic rings. The van der Waals surface area contributed by atoms with Crippen LogP contribution in [0.25, 0.3) is 22.2 Å². The zero-order valence-corrected chi connectivity index (χ0v) is 20.3. The fourth-order valence-electron chi connectivity index (χ4n) is 4.82. The number of rotatable bonds is 8. The highest BCUT2D eigenvalue weighted by molar-refractivity contribution is 5.94. The second-order valence-corrected chi connectivity index (χ2v) is 9.19. The van der Waals surface area contributed by atoms with E-state index in [1.54, 1.807) is 13.2 Å². The van der Waals surface area contributed by atoms with E-state index in [-0.39, 0.29) is 17.9 Å². The standard InChI is InChI=1S/C28H29N3O5/c1-4-18-15-28(18,27(33)35-3)31-26(32)24-13-20(16-29-24)36-25-14-22(17-8-6-5-7-9-17)30-23-12-19(34-2)10-11-21(23)25/h4-12,14,18,20,24,29H,1,13,15-16H2,2-3H3,(H,31,32)/t18?,20?,24-,28+/m0/s1. The van der Waals surface area contributed by atoms with Crippen molar-refractivity contribution in [3.8, 4) is 22.8 Å². The SMILES string of the molecule is C=CC1C[C@]1(NC(=O)[C@@H]1CC(Oc2cc(-c3ccccc3)nc3cc(OC)ccc23)CN1)C(=O)OC. The smallest absolute Gasteiger partial charge is 0.332 e. The minimum Gasteiger partial charge on any atom is -0.497 e. The van der Waals surface area contributed by atoms with Gasteiger partial charge in [0.2, 0.25) is 5.91 Å². The zero-order valence-electron chi connectivity index (χ0n) is 20.3. The molecule has 2 heterocycles. The molecule has 2 aromatic carbocycles. The number of carbonyl (C=O) groups excluding carboxylic acids is 2. The molecule has 0 radical (unpaired) electrons. The fourth-order valence-corrected chi connectivity index (χ4v) is 4.82. The second-order valence-electron chi connectivity index (χ2n) is 9.19. The van der Waals surface area contributed by atoms with Crippen molar-refractivity contribution in [1.29, 1.82) is 0 Å². The van der Waals surface area contributed by atoms with E-state index >= 15 is 0 Å². The Morgan fingerprint density at radius 1 is 1.17 bits per heavy atom. The van der Waals surface area contributed by atoms with E-state index < -0.39 is 17.6 Å². The third kappa shape index (κ3) is 4.40. The quantitative estimate of drug-likeness (QED) is 0.372. The lowest BCUT2D eigenvalue weighted by atomic mass is 10.1. The zero-order chi connectivity index (χ0) is 25.3. The highest BCUT2D eigenvalue weighted by Crippen LogP contribution is 2.45. The molecule has 1 amide bonds. The summed E-state index contributed by atoms with van der Waals surface area (Å²) in [6.07, 6.45) is 2.40. The summed E-state index contributed by atoms with van der Waals surface area (Å²) in [7, 11) is 2.95. The van der Waals surface area contributed by atoms with Crippen molar-refractivity contribution in [2.24, 2.45) is 5.92 Å². The predicted molar refractivity (Wildman–Crippen MR) is 136 cm³/mol. The van der Waals surface area contributed by atoms with Crippen LogP contribution in [-0.4, -0.2) is 55.3 Å². The Kier molecular flexibility index (Phi) is 6.36. The predicted octanol–water partition coefficient (Wildman–Crippen LogP) is 3.25. The van der Waals surface area contributed by atoms with E-state index in [4.69, 9.17) is 19.2 Å². The van der Waals surface area contributed by atoms with Gasteiger partial charge in [0.05, 0.1) is 31.5 Å². The molecule has 0 spiro atoms. The first-order valence-electron chi connectivity index (χ1n) is 11.9. The molecule has 1 aliphatic heterocycles. The Labute approximate surface area is 209 Å². The van der Waals surface area contributed by atoms with Gasteiger partial charge in [-0.05, 0) is 18.6 Å². The summed E-state index contributed by atoms with van der Waals surface area (Å²) in [6, 6.07) is 17.0. The van der Waals surface area contributed by atoms with Gasteiger partial charge in [0.1, 0.15) is 23.1 Å². The first-order chi connectivity index (χ1) is 17.5. The summed E-state index contributed by atoms with van der Waals surface area (Å²) in [4.78, 5) is 30.1. The van der Waals surface area contributed by atoms with E-state index in [1.165, 1.54) is 7.11 Å². The molecule has 2 aliphatic rings. The maximum absolute atomic E-state index is 13.0. The van der Waals surface area contributed by atoms with Gasteiger partial charge in [0, 0.05) is 42.0 Å². The molecule has 36 heavy (non-hydrogen) atoms. The summed E-state index contributed by atoms with van der Waals surface area (Å²) in [6.45, 7) is 4.25. The number of hydrogen-bond donors (Lipinski definition) is 2. The molecular weight excluding hydrogens is 458 g/mol. The van der Waals surface area contributed by atoms with Gasteiger partial charge in [-0.3, -0.25) is 4.79 Å². The maximum Gasteiger partial charge on any atom is 0.332 e. The number of nitrogens with one attached hydrogen (secondary N) is 2. The van der Waals surface area contributed by atoms with Crippen LogP contribution in [-0.2, 0) is 14.3 Å². The van der Waals surface area contributed by atoms with Gasteiger partial charge in [-0.2, -0.15) is 0 Å². The van der Waals surface area contributed by atoms with Crippen molar-refractivity contribution in [3.63, 3.8) is 0 Å². The van der Waals surface area contributed by atoms with Gasteiger partial charge in [0.15, 0.2) is 0 Å². The lowest BCUT2D eigenvalue weighted by molar-refractivity contribution is -0.147. The average molecular weight is 488 g/mol. The third-order valence-corrected chi connectivity index (χ3v) is 6.94. The van der Waals surface area contributed by atoms with E-state index in [0.717, 1.165) is 22.2 Å². The number of pyridine rings is 1. The average Bonchev–Trinajstić information content (AvgIpc) is 3.43. The number of carbonyl (C=O) groups is 2. The van der Waals surface area contributed by atoms with Crippen LogP contribution in [0.2, 0.25) is 0 Å². The van der Waals surface area contributed by atoms with E-state index in [2.05, 4.69) is 17.2 Å². The van der Waals surface area contributed by atoms with Crippen molar-refractivity contribution < 1.29 is 23.8 Å². The van der Waals surface area contributed by atoms with Gasteiger partial charge in [-0.1, -0.05) is 36.4 Å². The van der Waals surface area contributed by atoms with Crippen LogP contribution in [0.1, 0.15) is 12.8 Å². The number of benzene rings is 2. The van der Waals surface area contributed by atoms with Crippen molar-refractivity contribution in [1.82, 2.24) is 15.6 Å². The lowest BCUT2D eigenvalue weighted by Gasteiger charge is -2.19. The Morgan fingerprint density at radius 2 is 1.97 bits per heavy atom.